The molecule has 0 bridgehead atoms. The minimum atomic E-state index is -0.0250. The highest BCUT2D eigenvalue weighted by Crippen LogP contribution is 2.49. The predicted octanol–water partition coefficient (Wildman–Crippen LogP) is 14.6. The fourth-order valence-corrected chi connectivity index (χ4v) is 9.96. The van der Waals surface area contributed by atoms with Crippen LogP contribution in [0.1, 0.15) is 25.0 Å². The first-order valence-corrected chi connectivity index (χ1v) is 20.4. The zero-order chi connectivity index (χ0) is 39.2. The number of nitrogens with zero attached hydrogens (tertiary/aromatic N) is 3. The van der Waals surface area contributed by atoms with E-state index in [-0.39, 0.29) is 5.41 Å². The fraction of sp³-hybridized carbons (Fsp3) is 0.0536. The molecule has 0 amide bonds. The lowest BCUT2D eigenvalue weighted by molar-refractivity contribution is 0.660. The van der Waals surface area contributed by atoms with Gasteiger partial charge in [-0.3, -0.25) is 4.98 Å². The van der Waals surface area contributed by atoms with Crippen molar-refractivity contribution in [3.63, 3.8) is 0 Å². The zero-order valence-corrected chi connectivity index (χ0v) is 32.9. The molecule has 1 aliphatic rings. The highest BCUT2D eigenvalue weighted by atomic mass is 15.0. The van der Waals surface area contributed by atoms with Gasteiger partial charge in [-0.25, -0.2) is 0 Å². The summed E-state index contributed by atoms with van der Waals surface area (Å²) in [7, 11) is 0. The first kappa shape index (κ1) is 33.6. The molecular formula is C56H39N3. The second-order valence-corrected chi connectivity index (χ2v) is 16.4. The topological polar surface area (TPSA) is 22.8 Å². The summed E-state index contributed by atoms with van der Waals surface area (Å²) in [6.45, 7) is 4.69. The van der Waals surface area contributed by atoms with Gasteiger partial charge in [-0.15, -0.1) is 0 Å². The minimum absolute atomic E-state index is 0.0250. The molecule has 278 valence electrons. The Kier molecular flexibility index (Phi) is 7.27. The molecule has 0 aliphatic heterocycles. The standard InChI is InChI=1S/C56H39N3/c1-56(2)50-17-9-6-14-44(50)47-35-42(22-23-51(47)56)58-52-18-10-7-15-45(52)48-33-38(20-24-54(48)58)39-21-25-55-49(34-39)46-16-8-11-19-53(46)59(55)43-31-40(36-12-4-3-5-13-36)30-41(32-43)37-26-28-57-29-27-37/h3-35H,1-2H3. The molecule has 3 nitrogen and oxygen atoms in total. The van der Waals surface area contributed by atoms with Crippen molar-refractivity contribution in [3.05, 3.63) is 212 Å². The number of aromatic nitrogens is 3. The maximum absolute atomic E-state index is 4.30. The summed E-state index contributed by atoms with van der Waals surface area (Å²) in [4.78, 5) is 4.30. The molecule has 0 saturated heterocycles. The highest BCUT2D eigenvalue weighted by molar-refractivity contribution is 6.13. The van der Waals surface area contributed by atoms with Crippen LogP contribution in [0.25, 0.3) is 99.5 Å². The number of rotatable bonds is 5. The molecule has 0 spiro atoms. The molecule has 3 heteroatoms. The van der Waals surface area contributed by atoms with Gasteiger partial charge in [0.2, 0.25) is 0 Å². The lowest BCUT2D eigenvalue weighted by Crippen LogP contribution is -2.14. The van der Waals surface area contributed by atoms with E-state index in [9.17, 15) is 0 Å². The lowest BCUT2D eigenvalue weighted by atomic mass is 9.82. The smallest absolute Gasteiger partial charge is 0.0541 e. The number of hydrogen-bond donors (Lipinski definition) is 0. The number of benzene rings is 8. The maximum atomic E-state index is 4.30. The van der Waals surface area contributed by atoms with Crippen LogP contribution in [0.15, 0.2) is 200 Å². The van der Waals surface area contributed by atoms with Crippen LogP contribution < -0.4 is 0 Å². The van der Waals surface area contributed by atoms with Gasteiger partial charge in [-0.1, -0.05) is 123 Å². The first-order chi connectivity index (χ1) is 29.0. The quantitative estimate of drug-likeness (QED) is 0.172. The molecule has 59 heavy (non-hydrogen) atoms. The van der Waals surface area contributed by atoms with Gasteiger partial charge >= 0.3 is 0 Å². The predicted molar refractivity (Wildman–Crippen MR) is 247 cm³/mol. The third-order valence-electron chi connectivity index (χ3n) is 12.8. The molecule has 1 aliphatic carbocycles. The van der Waals surface area contributed by atoms with Crippen LogP contribution in [-0.4, -0.2) is 14.1 Å². The molecule has 0 atom stereocenters. The number of hydrogen-bond acceptors (Lipinski definition) is 1. The molecule has 0 fully saturated rings. The van der Waals surface area contributed by atoms with E-state index >= 15 is 0 Å². The number of pyridine rings is 1. The third kappa shape index (κ3) is 5.11. The molecular weight excluding hydrogens is 715 g/mol. The van der Waals surface area contributed by atoms with Crippen LogP contribution in [-0.2, 0) is 5.41 Å². The third-order valence-corrected chi connectivity index (χ3v) is 12.8. The minimum Gasteiger partial charge on any atom is -0.309 e. The largest absolute Gasteiger partial charge is 0.309 e. The SMILES string of the molecule is CC1(C)c2ccccc2-c2cc(-n3c4ccccc4c4cc(-c5ccc6c(c5)c5ccccc5n6-c5cc(-c6ccccc6)cc(-c6ccncc6)c5)ccc43)ccc21. The van der Waals surface area contributed by atoms with Crippen molar-refractivity contribution >= 4 is 43.6 Å². The molecule has 0 saturated carbocycles. The van der Waals surface area contributed by atoms with Gasteiger partial charge in [0, 0.05) is 50.7 Å². The Labute approximate surface area is 343 Å². The second-order valence-electron chi connectivity index (χ2n) is 16.4. The molecule has 11 aromatic rings. The van der Waals surface area contributed by atoms with Crippen LogP contribution in [0.2, 0.25) is 0 Å². The summed E-state index contributed by atoms with van der Waals surface area (Å²) in [6, 6.07) is 69.4. The summed E-state index contributed by atoms with van der Waals surface area (Å²) < 4.78 is 4.88. The monoisotopic (exact) mass is 753 g/mol. The van der Waals surface area contributed by atoms with E-state index in [4.69, 9.17) is 0 Å². The first-order valence-electron chi connectivity index (χ1n) is 20.4. The van der Waals surface area contributed by atoms with Gasteiger partial charge in [-0.2, -0.15) is 0 Å². The Bertz CT molecular complexity index is 3400. The van der Waals surface area contributed by atoms with Crippen LogP contribution in [0.4, 0.5) is 0 Å². The Morgan fingerprint density at radius 2 is 0.864 bits per heavy atom. The number of fused-ring (bicyclic) bond motifs is 9. The summed E-state index contributed by atoms with van der Waals surface area (Å²) >= 11 is 0. The van der Waals surface area contributed by atoms with Gasteiger partial charge in [0.05, 0.1) is 22.1 Å². The van der Waals surface area contributed by atoms with Crippen molar-refractivity contribution in [2.75, 3.05) is 0 Å². The van der Waals surface area contributed by atoms with E-state index in [0.29, 0.717) is 0 Å². The van der Waals surface area contributed by atoms with E-state index in [1.165, 1.54) is 93.8 Å². The Morgan fingerprint density at radius 1 is 0.339 bits per heavy atom. The van der Waals surface area contributed by atoms with Crippen LogP contribution in [0.3, 0.4) is 0 Å². The van der Waals surface area contributed by atoms with Gasteiger partial charge in [0.1, 0.15) is 0 Å². The van der Waals surface area contributed by atoms with E-state index in [1.807, 2.05) is 12.4 Å². The molecule has 0 N–H and O–H groups in total. The summed E-state index contributed by atoms with van der Waals surface area (Å²) in [6.07, 6.45) is 3.74. The normalized spacial score (nSPS) is 13.1. The maximum Gasteiger partial charge on any atom is 0.0541 e. The van der Waals surface area contributed by atoms with E-state index in [0.717, 1.165) is 16.8 Å². The summed E-state index contributed by atoms with van der Waals surface area (Å²) in [5, 5.41) is 4.98. The van der Waals surface area contributed by atoms with Gasteiger partial charge in [0.15, 0.2) is 0 Å². The molecule has 0 unspecified atom stereocenters. The zero-order valence-electron chi connectivity index (χ0n) is 32.9. The Balaban J connectivity index is 1.02. The van der Waals surface area contributed by atoms with E-state index in [1.54, 1.807) is 0 Å². The van der Waals surface area contributed by atoms with Crippen molar-refractivity contribution in [3.8, 4) is 55.9 Å². The summed E-state index contributed by atoms with van der Waals surface area (Å²) in [5.41, 5.74) is 19.6. The van der Waals surface area contributed by atoms with Crippen LogP contribution in [0, 0.1) is 0 Å². The molecule has 0 radical (unpaired) electrons. The molecule has 12 rings (SSSR count). The molecule has 8 aromatic carbocycles. The van der Waals surface area contributed by atoms with Crippen molar-refractivity contribution < 1.29 is 0 Å². The van der Waals surface area contributed by atoms with E-state index < -0.39 is 0 Å². The van der Waals surface area contributed by atoms with Crippen molar-refractivity contribution in [2.45, 2.75) is 19.3 Å². The van der Waals surface area contributed by atoms with Gasteiger partial charge in [0.25, 0.3) is 0 Å². The van der Waals surface area contributed by atoms with Crippen molar-refractivity contribution in [1.29, 1.82) is 0 Å². The summed E-state index contributed by atoms with van der Waals surface area (Å²) in [5.74, 6) is 0. The Morgan fingerprint density at radius 3 is 1.53 bits per heavy atom. The van der Waals surface area contributed by atoms with Crippen LogP contribution >= 0.6 is 0 Å². The number of para-hydroxylation sites is 2. The van der Waals surface area contributed by atoms with Gasteiger partial charge < -0.3 is 9.13 Å². The van der Waals surface area contributed by atoms with E-state index in [2.05, 4.69) is 216 Å². The molecule has 3 aromatic heterocycles. The van der Waals surface area contributed by atoms with Crippen molar-refractivity contribution in [2.24, 2.45) is 0 Å². The second kappa shape index (κ2) is 12.8. The average Bonchev–Trinajstić information content (AvgIpc) is 3.89. The van der Waals surface area contributed by atoms with Crippen molar-refractivity contribution in [1.82, 2.24) is 14.1 Å². The molecule has 3 heterocycles. The fourth-order valence-electron chi connectivity index (χ4n) is 9.96. The van der Waals surface area contributed by atoms with Crippen LogP contribution in [0.5, 0.6) is 0 Å². The Hall–Kier alpha value is -7.49. The van der Waals surface area contributed by atoms with Gasteiger partial charge in [-0.05, 0) is 134 Å². The average molecular weight is 754 g/mol. The lowest BCUT2D eigenvalue weighted by Gasteiger charge is -2.21. The highest BCUT2D eigenvalue weighted by Gasteiger charge is 2.35.